The van der Waals surface area contributed by atoms with E-state index in [-0.39, 0.29) is 10.8 Å². The van der Waals surface area contributed by atoms with Gasteiger partial charge in [0.05, 0.1) is 10.0 Å². The minimum atomic E-state index is -1.31. The number of amides is 1. The van der Waals surface area contributed by atoms with Crippen molar-refractivity contribution in [3.8, 4) is 5.75 Å². The number of phenolic OH excluding ortho intramolecular Hbond substituents is 1. The van der Waals surface area contributed by atoms with E-state index in [1.54, 1.807) is 30.3 Å². The molecule has 1 unspecified atom stereocenters. The zero-order chi connectivity index (χ0) is 16.8. The molecule has 0 fully saturated rings. The van der Waals surface area contributed by atoms with Crippen molar-refractivity contribution in [1.82, 2.24) is 5.32 Å². The third-order valence-corrected chi connectivity index (χ3v) is 3.87. The molecule has 2 rings (SSSR count). The maximum Gasteiger partial charge on any atom is 0.253 e. The first-order valence-electron chi connectivity index (χ1n) is 6.91. The number of halogens is 2. The monoisotopic (exact) mass is 354 g/mol. The van der Waals surface area contributed by atoms with E-state index in [9.17, 15) is 15.0 Å². The molecule has 2 aromatic rings. The van der Waals surface area contributed by atoms with Crippen LogP contribution in [0.15, 0.2) is 42.5 Å². The van der Waals surface area contributed by atoms with Crippen molar-refractivity contribution < 1.29 is 15.0 Å². The number of nitrogens with one attached hydrogen (secondary N) is 2. The van der Waals surface area contributed by atoms with Gasteiger partial charge < -0.3 is 20.8 Å². The molecule has 7 heteroatoms. The van der Waals surface area contributed by atoms with Crippen LogP contribution in [0.4, 0.5) is 5.69 Å². The second-order valence-electron chi connectivity index (χ2n) is 4.84. The highest BCUT2D eigenvalue weighted by molar-refractivity contribution is 6.42. The van der Waals surface area contributed by atoms with E-state index < -0.39 is 12.0 Å². The summed E-state index contributed by atoms with van der Waals surface area (Å²) in [6.45, 7) is 0.808. The van der Waals surface area contributed by atoms with Crippen LogP contribution in [0, 0.1) is 0 Å². The van der Waals surface area contributed by atoms with Gasteiger partial charge in [-0.05, 0) is 42.0 Å². The highest BCUT2D eigenvalue weighted by Gasteiger charge is 2.17. The number of rotatable bonds is 6. The molecule has 0 heterocycles. The Morgan fingerprint density at radius 2 is 1.74 bits per heavy atom. The molecule has 122 valence electrons. The lowest BCUT2D eigenvalue weighted by atomic mass is 10.1. The Kier molecular flexibility index (Phi) is 6.10. The fourth-order valence-electron chi connectivity index (χ4n) is 1.90. The topological polar surface area (TPSA) is 81.6 Å². The second-order valence-corrected chi connectivity index (χ2v) is 5.66. The molecule has 23 heavy (non-hydrogen) atoms. The lowest BCUT2D eigenvalue weighted by Crippen LogP contribution is -2.33. The molecule has 5 nitrogen and oxygen atoms in total. The first kappa shape index (κ1) is 17.4. The number of carbonyl (C=O) groups excluding carboxylic acids is 1. The molecule has 0 spiro atoms. The van der Waals surface area contributed by atoms with Crippen LogP contribution in [0.5, 0.6) is 5.75 Å². The summed E-state index contributed by atoms with van der Waals surface area (Å²) in [5, 5.41) is 25.5. The van der Waals surface area contributed by atoms with Gasteiger partial charge in [0.15, 0.2) is 6.10 Å². The molecular weight excluding hydrogens is 339 g/mol. The maximum absolute atomic E-state index is 11.9. The van der Waals surface area contributed by atoms with Gasteiger partial charge in [0.1, 0.15) is 5.75 Å². The van der Waals surface area contributed by atoms with Crippen LogP contribution in [-0.4, -0.2) is 29.2 Å². The van der Waals surface area contributed by atoms with Gasteiger partial charge in [-0.15, -0.1) is 0 Å². The van der Waals surface area contributed by atoms with Crippen LogP contribution in [-0.2, 0) is 4.79 Å². The van der Waals surface area contributed by atoms with Crippen LogP contribution in [0.2, 0.25) is 10.0 Å². The average molecular weight is 355 g/mol. The first-order chi connectivity index (χ1) is 11.0. The molecule has 0 radical (unpaired) electrons. The summed E-state index contributed by atoms with van der Waals surface area (Å²) in [6, 6.07) is 11.1. The fourth-order valence-corrected chi connectivity index (χ4v) is 2.21. The zero-order valence-corrected chi connectivity index (χ0v) is 13.6. The Balaban J connectivity index is 1.79. The standard InChI is InChI=1S/C16H16Cl2N2O3/c17-13-6-1-10(9-14(13)18)15(22)16(23)20-8-7-19-11-2-4-12(21)5-3-11/h1-6,9,15,19,21-22H,7-8H2,(H,20,23). The number of hydrogen-bond acceptors (Lipinski definition) is 4. The number of anilines is 1. The van der Waals surface area contributed by atoms with Crippen molar-refractivity contribution in [2.45, 2.75) is 6.10 Å². The van der Waals surface area contributed by atoms with Crippen molar-refractivity contribution in [3.63, 3.8) is 0 Å². The van der Waals surface area contributed by atoms with E-state index in [1.165, 1.54) is 12.1 Å². The smallest absolute Gasteiger partial charge is 0.253 e. The summed E-state index contributed by atoms with van der Waals surface area (Å²) in [7, 11) is 0. The lowest BCUT2D eigenvalue weighted by Gasteiger charge is -2.13. The minimum absolute atomic E-state index is 0.189. The number of aliphatic hydroxyl groups is 1. The Hall–Kier alpha value is -1.95. The van der Waals surface area contributed by atoms with Gasteiger partial charge in [0.2, 0.25) is 0 Å². The second kappa shape index (κ2) is 8.06. The first-order valence-corrected chi connectivity index (χ1v) is 7.66. The van der Waals surface area contributed by atoms with Gasteiger partial charge >= 0.3 is 0 Å². The van der Waals surface area contributed by atoms with Crippen LogP contribution < -0.4 is 10.6 Å². The van der Waals surface area contributed by atoms with E-state index in [0.29, 0.717) is 23.7 Å². The van der Waals surface area contributed by atoms with Gasteiger partial charge in [0.25, 0.3) is 5.91 Å². The Labute approximate surface area is 143 Å². The molecule has 1 atom stereocenters. The van der Waals surface area contributed by atoms with Crippen molar-refractivity contribution in [2.75, 3.05) is 18.4 Å². The van der Waals surface area contributed by atoms with Gasteiger partial charge in [-0.3, -0.25) is 4.79 Å². The SMILES string of the molecule is O=C(NCCNc1ccc(O)cc1)C(O)c1ccc(Cl)c(Cl)c1. The normalized spacial score (nSPS) is 11.8. The van der Waals surface area contributed by atoms with Gasteiger partial charge in [-0.2, -0.15) is 0 Å². The van der Waals surface area contributed by atoms with Crippen LogP contribution in [0.25, 0.3) is 0 Å². The van der Waals surface area contributed by atoms with Crippen LogP contribution >= 0.6 is 23.2 Å². The lowest BCUT2D eigenvalue weighted by molar-refractivity contribution is -0.129. The van der Waals surface area contributed by atoms with Crippen LogP contribution in [0.1, 0.15) is 11.7 Å². The van der Waals surface area contributed by atoms with Crippen molar-refractivity contribution >= 4 is 34.8 Å². The molecule has 0 aliphatic carbocycles. The molecule has 0 bridgehead atoms. The fraction of sp³-hybridized carbons (Fsp3) is 0.188. The molecule has 4 N–H and O–H groups in total. The molecule has 0 aliphatic rings. The van der Waals surface area contributed by atoms with Crippen molar-refractivity contribution in [1.29, 1.82) is 0 Å². The number of hydrogen-bond donors (Lipinski definition) is 4. The van der Waals surface area contributed by atoms with E-state index in [1.807, 2.05) is 0 Å². The summed E-state index contributed by atoms with van der Waals surface area (Å²) >= 11 is 11.7. The average Bonchev–Trinajstić information content (AvgIpc) is 2.55. The number of carbonyl (C=O) groups is 1. The highest BCUT2D eigenvalue weighted by atomic mass is 35.5. The van der Waals surface area contributed by atoms with Gasteiger partial charge in [0, 0.05) is 18.8 Å². The number of aliphatic hydroxyl groups excluding tert-OH is 1. The molecular formula is C16H16Cl2N2O3. The summed E-state index contributed by atoms with van der Waals surface area (Å²) in [5.41, 5.74) is 1.20. The Morgan fingerprint density at radius 1 is 1.04 bits per heavy atom. The van der Waals surface area contributed by atoms with E-state index in [4.69, 9.17) is 23.2 Å². The minimum Gasteiger partial charge on any atom is -0.508 e. The predicted octanol–water partition coefficient (Wildman–Crippen LogP) is 2.96. The molecule has 0 aromatic heterocycles. The zero-order valence-electron chi connectivity index (χ0n) is 12.1. The van der Waals surface area contributed by atoms with E-state index >= 15 is 0 Å². The number of benzene rings is 2. The number of aromatic hydroxyl groups is 1. The Morgan fingerprint density at radius 3 is 2.39 bits per heavy atom. The third kappa shape index (κ3) is 5.03. The summed E-state index contributed by atoms with van der Waals surface area (Å²) in [5.74, 6) is -0.329. The summed E-state index contributed by atoms with van der Waals surface area (Å²) in [6.07, 6.45) is -1.31. The van der Waals surface area contributed by atoms with Gasteiger partial charge in [-0.25, -0.2) is 0 Å². The molecule has 0 aliphatic heterocycles. The number of phenols is 1. The van der Waals surface area contributed by atoms with E-state index in [2.05, 4.69) is 10.6 Å². The maximum atomic E-state index is 11.9. The van der Waals surface area contributed by atoms with Gasteiger partial charge in [-0.1, -0.05) is 29.3 Å². The van der Waals surface area contributed by atoms with Crippen molar-refractivity contribution in [3.05, 3.63) is 58.1 Å². The van der Waals surface area contributed by atoms with Crippen molar-refractivity contribution in [2.24, 2.45) is 0 Å². The summed E-state index contributed by atoms with van der Waals surface area (Å²) < 4.78 is 0. The predicted molar refractivity (Wildman–Crippen MR) is 91.0 cm³/mol. The molecule has 0 saturated carbocycles. The van der Waals surface area contributed by atoms with E-state index in [0.717, 1.165) is 5.69 Å². The molecule has 0 saturated heterocycles. The molecule has 2 aromatic carbocycles. The largest absolute Gasteiger partial charge is 0.508 e. The summed E-state index contributed by atoms with van der Waals surface area (Å²) in [4.78, 5) is 11.9. The molecule has 1 amide bonds. The third-order valence-electron chi connectivity index (χ3n) is 3.13. The van der Waals surface area contributed by atoms with Crippen LogP contribution in [0.3, 0.4) is 0 Å². The highest BCUT2D eigenvalue weighted by Crippen LogP contribution is 2.25. The quantitative estimate of drug-likeness (QED) is 0.474. The Bertz CT molecular complexity index is 678.